The SMILES string of the molecule is Cc1c(Nc2cccc(C(F)(F)F)c2)nc(CCC(F)(F)F)nc1NC1CCN(C(=O)CCCCc2ccccc2)CC1. The first-order chi connectivity index (χ1) is 20.4. The first kappa shape index (κ1) is 32.1. The molecule has 0 unspecified atom stereocenters. The number of likely N-dealkylation sites (tertiary alicyclic amines) is 1. The Bertz CT molecular complexity index is 1360. The van der Waals surface area contributed by atoms with E-state index in [2.05, 4.69) is 32.7 Å². The Balaban J connectivity index is 1.38. The van der Waals surface area contributed by atoms with Crippen LogP contribution in [0.1, 0.15) is 61.0 Å². The van der Waals surface area contributed by atoms with Crippen LogP contribution in [0.4, 0.5) is 43.7 Å². The van der Waals surface area contributed by atoms with Crippen molar-refractivity contribution in [1.82, 2.24) is 14.9 Å². The fourth-order valence-electron chi connectivity index (χ4n) is 4.98. The summed E-state index contributed by atoms with van der Waals surface area (Å²) in [6.45, 7) is 2.73. The first-order valence-corrected chi connectivity index (χ1v) is 14.3. The van der Waals surface area contributed by atoms with Crippen LogP contribution >= 0.6 is 0 Å². The number of alkyl halides is 6. The van der Waals surface area contributed by atoms with Crippen molar-refractivity contribution in [1.29, 1.82) is 0 Å². The molecule has 1 fully saturated rings. The maximum absolute atomic E-state index is 13.2. The largest absolute Gasteiger partial charge is 0.416 e. The van der Waals surface area contributed by atoms with E-state index in [4.69, 9.17) is 0 Å². The first-order valence-electron chi connectivity index (χ1n) is 14.3. The molecule has 43 heavy (non-hydrogen) atoms. The zero-order valence-electron chi connectivity index (χ0n) is 23.9. The standard InChI is InChI=1S/C31H35F6N5O/c1-21-28(38-24-15-18-42(19-16-24)27(43)13-6-5-10-22-8-3-2-4-9-22)40-26(14-17-30(32,33)34)41-29(21)39-25-12-7-11-23(20-25)31(35,36)37/h2-4,7-9,11-12,20,24H,5-6,10,13-19H2,1H3,(H2,38,39,40,41). The summed E-state index contributed by atoms with van der Waals surface area (Å²) in [5, 5.41) is 6.12. The Morgan fingerprint density at radius 3 is 2.28 bits per heavy atom. The highest BCUT2D eigenvalue weighted by atomic mass is 19.4. The zero-order chi connectivity index (χ0) is 31.0. The van der Waals surface area contributed by atoms with Gasteiger partial charge in [0, 0.05) is 43.2 Å². The normalized spacial score (nSPS) is 14.5. The highest BCUT2D eigenvalue weighted by Crippen LogP contribution is 2.33. The van der Waals surface area contributed by atoms with E-state index >= 15 is 0 Å². The van der Waals surface area contributed by atoms with Crippen LogP contribution in [-0.4, -0.2) is 46.1 Å². The Morgan fingerprint density at radius 2 is 1.60 bits per heavy atom. The molecule has 1 amide bonds. The van der Waals surface area contributed by atoms with Crippen molar-refractivity contribution in [2.45, 2.75) is 76.7 Å². The van der Waals surface area contributed by atoms with Crippen LogP contribution in [0.5, 0.6) is 0 Å². The molecule has 0 spiro atoms. The van der Waals surface area contributed by atoms with E-state index < -0.39 is 30.8 Å². The van der Waals surface area contributed by atoms with Gasteiger partial charge in [0.15, 0.2) is 0 Å². The molecule has 6 nitrogen and oxygen atoms in total. The van der Waals surface area contributed by atoms with Gasteiger partial charge in [-0.05, 0) is 62.8 Å². The maximum atomic E-state index is 13.2. The number of halogens is 6. The van der Waals surface area contributed by atoms with Gasteiger partial charge in [0.2, 0.25) is 5.91 Å². The van der Waals surface area contributed by atoms with E-state index in [9.17, 15) is 31.1 Å². The van der Waals surface area contributed by atoms with Gasteiger partial charge < -0.3 is 15.5 Å². The van der Waals surface area contributed by atoms with Crippen LogP contribution in [0.2, 0.25) is 0 Å². The molecule has 1 aromatic heterocycles. The number of benzene rings is 2. The van der Waals surface area contributed by atoms with Gasteiger partial charge >= 0.3 is 12.4 Å². The van der Waals surface area contributed by atoms with Gasteiger partial charge in [-0.1, -0.05) is 36.4 Å². The number of nitrogens with one attached hydrogen (secondary N) is 2. The molecule has 1 saturated heterocycles. The van der Waals surface area contributed by atoms with E-state index in [-0.39, 0.29) is 29.3 Å². The van der Waals surface area contributed by atoms with Gasteiger partial charge in [0.25, 0.3) is 0 Å². The molecule has 2 aromatic carbocycles. The number of aromatic nitrogens is 2. The lowest BCUT2D eigenvalue weighted by molar-refractivity contribution is -0.137. The highest BCUT2D eigenvalue weighted by molar-refractivity contribution is 5.76. The summed E-state index contributed by atoms with van der Waals surface area (Å²) >= 11 is 0. The summed E-state index contributed by atoms with van der Waals surface area (Å²) in [6, 6.07) is 14.5. The van der Waals surface area contributed by atoms with E-state index in [1.54, 1.807) is 6.92 Å². The maximum Gasteiger partial charge on any atom is 0.416 e. The molecular weight excluding hydrogens is 572 g/mol. The van der Waals surface area contributed by atoms with Gasteiger partial charge in [-0.25, -0.2) is 9.97 Å². The molecule has 2 N–H and O–H groups in total. The predicted octanol–water partition coefficient (Wildman–Crippen LogP) is 7.86. The molecule has 0 aliphatic carbocycles. The minimum absolute atomic E-state index is 0.0805. The molecule has 232 valence electrons. The molecule has 1 aliphatic rings. The number of amides is 1. The van der Waals surface area contributed by atoms with Gasteiger partial charge in [-0.3, -0.25) is 4.79 Å². The number of hydrogen-bond acceptors (Lipinski definition) is 5. The minimum atomic E-state index is -4.55. The van der Waals surface area contributed by atoms with E-state index in [1.165, 1.54) is 17.7 Å². The second-order valence-electron chi connectivity index (χ2n) is 10.8. The molecule has 0 radical (unpaired) electrons. The van der Waals surface area contributed by atoms with Crippen molar-refractivity contribution in [2.75, 3.05) is 23.7 Å². The summed E-state index contributed by atoms with van der Waals surface area (Å²) in [4.78, 5) is 23.1. The second-order valence-corrected chi connectivity index (χ2v) is 10.8. The molecular formula is C31H35F6N5O. The fraction of sp³-hybridized carbons (Fsp3) is 0.452. The van der Waals surface area contributed by atoms with Gasteiger partial charge in [0.1, 0.15) is 17.5 Å². The lowest BCUT2D eigenvalue weighted by Gasteiger charge is -2.33. The number of aryl methyl sites for hydroxylation is 2. The van der Waals surface area contributed by atoms with Crippen LogP contribution in [0.25, 0.3) is 0 Å². The molecule has 12 heteroatoms. The average Bonchev–Trinajstić information content (AvgIpc) is 2.96. The van der Waals surface area contributed by atoms with Gasteiger partial charge in [0.05, 0.1) is 12.0 Å². The third-order valence-electron chi connectivity index (χ3n) is 7.41. The van der Waals surface area contributed by atoms with Crippen molar-refractivity contribution in [3.8, 4) is 0 Å². The smallest absolute Gasteiger partial charge is 0.367 e. The number of hydrogen-bond donors (Lipinski definition) is 2. The quantitative estimate of drug-likeness (QED) is 0.172. The van der Waals surface area contributed by atoms with E-state index in [0.717, 1.165) is 31.4 Å². The van der Waals surface area contributed by atoms with Crippen molar-refractivity contribution >= 4 is 23.2 Å². The number of anilines is 3. The summed E-state index contributed by atoms with van der Waals surface area (Å²) in [7, 11) is 0. The Morgan fingerprint density at radius 1 is 0.907 bits per heavy atom. The van der Waals surface area contributed by atoms with Crippen molar-refractivity contribution in [3.05, 3.63) is 77.1 Å². The Hall–Kier alpha value is -3.83. The summed E-state index contributed by atoms with van der Waals surface area (Å²) < 4.78 is 78.5. The number of unbranched alkanes of at least 4 members (excludes halogenated alkanes) is 1. The topological polar surface area (TPSA) is 70.2 Å². The van der Waals surface area contributed by atoms with Crippen LogP contribution < -0.4 is 10.6 Å². The third kappa shape index (κ3) is 9.86. The number of carbonyl (C=O) groups is 1. The average molecular weight is 608 g/mol. The third-order valence-corrected chi connectivity index (χ3v) is 7.41. The molecule has 3 aromatic rings. The molecule has 2 heterocycles. The molecule has 0 atom stereocenters. The summed E-state index contributed by atoms with van der Waals surface area (Å²) in [5.41, 5.74) is 0.944. The number of piperidine rings is 1. The van der Waals surface area contributed by atoms with Gasteiger partial charge in [-0.15, -0.1) is 0 Å². The van der Waals surface area contributed by atoms with Gasteiger partial charge in [-0.2, -0.15) is 26.3 Å². The van der Waals surface area contributed by atoms with Crippen molar-refractivity contribution in [3.63, 3.8) is 0 Å². The second kappa shape index (κ2) is 14.1. The van der Waals surface area contributed by atoms with Crippen molar-refractivity contribution < 1.29 is 31.1 Å². The number of rotatable bonds is 11. The Labute approximate surface area is 246 Å². The van der Waals surface area contributed by atoms with Crippen LogP contribution in [-0.2, 0) is 23.8 Å². The number of carbonyl (C=O) groups excluding carboxylic acids is 1. The van der Waals surface area contributed by atoms with Crippen LogP contribution in [0.3, 0.4) is 0 Å². The van der Waals surface area contributed by atoms with E-state index in [0.29, 0.717) is 43.7 Å². The molecule has 0 bridgehead atoms. The zero-order valence-corrected chi connectivity index (χ0v) is 23.9. The summed E-state index contributed by atoms with van der Waals surface area (Å²) in [5.74, 6) is 0.458. The lowest BCUT2D eigenvalue weighted by atomic mass is 10.0. The molecule has 1 aliphatic heterocycles. The predicted molar refractivity (Wildman–Crippen MR) is 153 cm³/mol. The molecule has 4 rings (SSSR count). The van der Waals surface area contributed by atoms with Crippen molar-refractivity contribution in [2.24, 2.45) is 0 Å². The fourth-order valence-corrected chi connectivity index (χ4v) is 4.98. The number of nitrogens with zero attached hydrogens (tertiary/aromatic N) is 3. The monoisotopic (exact) mass is 607 g/mol. The molecule has 0 saturated carbocycles. The highest BCUT2D eigenvalue weighted by Gasteiger charge is 2.31. The van der Waals surface area contributed by atoms with Crippen LogP contribution in [0.15, 0.2) is 54.6 Å². The van der Waals surface area contributed by atoms with E-state index in [1.807, 2.05) is 23.1 Å². The van der Waals surface area contributed by atoms with Crippen LogP contribution in [0, 0.1) is 6.92 Å². The summed E-state index contributed by atoms with van der Waals surface area (Å²) in [6.07, 6.45) is -6.23. The lowest BCUT2D eigenvalue weighted by Crippen LogP contribution is -2.42. The Kier molecular flexibility index (Phi) is 10.5. The minimum Gasteiger partial charge on any atom is -0.367 e.